The first-order valence-corrected chi connectivity index (χ1v) is 9.90. The highest BCUT2D eigenvalue weighted by Gasteiger charge is 2.27. The summed E-state index contributed by atoms with van der Waals surface area (Å²) in [5, 5.41) is 5.84. The number of nitrogens with zero attached hydrogens (tertiary/aromatic N) is 1. The van der Waals surface area contributed by atoms with Crippen LogP contribution in [0.15, 0.2) is 48.5 Å². The van der Waals surface area contributed by atoms with Crippen LogP contribution in [0.2, 0.25) is 0 Å². The molecule has 0 spiro atoms. The summed E-state index contributed by atoms with van der Waals surface area (Å²) in [4.78, 5) is 26.7. The van der Waals surface area contributed by atoms with Crippen molar-refractivity contribution in [2.24, 2.45) is 5.92 Å². The number of ether oxygens (including phenoxy) is 1. The molecule has 6 nitrogen and oxygen atoms in total. The van der Waals surface area contributed by atoms with E-state index >= 15 is 0 Å². The number of methoxy groups -OCH3 is 1. The number of likely N-dealkylation sites (tertiary alicyclic amines) is 1. The lowest BCUT2D eigenvalue weighted by atomic mass is 9.96. The number of urea groups is 1. The van der Waals surface area contributed by atoms with Crippen molar-refractivity contribution < 1.29 is 14.3 Å². The third-order valence-corrected chi connectivity index (χ3v) is 5.33. The largest absolute Gasteiger partial charge is 0.495 e. The normalized spacial score (nSPS) is 14.5. The number of hydrogen-bond donors (Lipinski definition) is 2. The maximum absolute atomic E-state index is 12.5. The Bertz CT molecular complexity index is 802. The van der Waals surface area contributed by atoms with Crippen LogP contribution < -0.4 is 15.4 Å². The molecule has 142 valence electrons. The van der Waals surface area contributed by atoms with E-state index in [1.165, 1.54) is 0 Å². The van der Waals surface area contributed by atoms with Crippen molar-refractivity contribution in [1.82, 2.24) is 4.90 Å². The van der Waals surface area contributed by atoms with Crippen LogP contribution in [0.3, 0.4) is 0 Å². The molecule has 0 aromatic heterocycles. The molecule has 0 unspecified atom stereocenters. The molecule has 2 aromatic carbocycles. The zero-order valence-corrected chi connectivity index (χ0v) is 17.2. The van der Waals surface area contributed by atoms with Gasteiger partial charge in [0.25, 0.3) is 0 Å². The van der Waals surface area contributed by atoms with Crippen molar-refractivity contribution in [3.8, 4) is 5.75 Å². The maximum Gasteiger partial charge on any atom is 0.321 e. The number of rotatable bonds is 4. The predicted molar refractivity (Wildman–Crippen MR) is 114 cm³/mol. The second-order valence-corrected chi connectivity index (χ2v) is 7.63. The van der Waals surface area contributed by atoms with Gasteiger partial charge in [0, 0.05) is 28.3 Å². The van der Waals surface area contributed by atoms with Gasteiger partial charge in [-0.2, -0.15) is 0 Å². The van der Waals surface area contributed by atoms with Gasteiger partial charge in [-0.3, -0.25) is 4.79 Å². The van der Waals surface area contributed by atoms with Crippen molar-refractivity contribution >= 4 is 45.9 Å². The molecule has 0 radical (unpaired) electrons. The molecule has 0 atom stereocenters. The fourth-order valence-corrected chi connectivity index (χ4v) is 3.42. The van der Waals surface area contributed by atoms with E-state index < -0.39 is 0 Å². The molecular weight excluding hydrogens is 457 g/mol. The Morgan fingerprint density at radius 1 is 1.04 bits per heavy atom. The van der Waals surface area contributed by atoms with Crippen LogP contribution in [-0.2, 0) is 4.79 Å². The van der Waals surface area contributed by atoms with E-state index in [1.54, 1.807) is 12.0 Å². The molecule has 3 amide bonds. The van der Waals surface area contributed by atoms with Crippen LogP contribution in [0, 0.1) is 9.49 Å². The Balaban J connectivity index is 1.51. The van der Waals surface area contributed by atoms with E-state index in [-0.39, 0.29) is 17.9 Å². The van der Waals surface area contributed by atoms with E-state index in [2.05, 4.69) is 33.2 Å². The van der Waals surface area contributed by atoms with Gasteiger partial charge in [0.2, 0.25) is 5.91 Å². The number of benzene rings is 2. The standard InChI is InChI=1S/C20H22IN3O3/c1-27-18-5-3-2-4-17(18)23-19(25)14-10-12-24(13-11-14)20(26)22-16-8-6-15(21)7-9-16/h2-9,14H,10-13H2,1H3,(H,22,26)(H,23,25). The average Bonchev–Trinajstić information content (AvgIpc) is 2.70. The summed E-state index contributed by atoms with van der Waals surface area (Å²) in [6.07, 6.45) is 1.28. The quantitative estimate of drug-likeness (QED) is 0.647. The number of amides is 3. The summed E-state index contributed by atoms with van der Waals surface area (Å²) in [5.41, 5.74) is 1.44. The van der Waals surface area contributed by atoms with Gasteiger partial charge in [-0.25, -0.2) is 4.79 Å². The lowest BCUT2D eigenvalue weighted by molar-refractivity contribution is -0.121. The monoisotopic (exact) mass is 479 g/mol. The van der Waals surface area contributed by atoms with Crippen molar-refractivity contribution in [3.63, 3.8) is 0 Å². The zero-order chi connectivity index (χ0) is 19.2. The van der Waals surface area contributed by atoms with Crippen molar-refractivity contribution in [3.05, 3.63) is 52.1 Å². The summed E-state index contributed by atoms with van der Waals surface area (Å²) in [6.45, 7) is 1.11. The highest BCUT2D eigenvalue weighted by molar-refractivity contribution is 14.1. The lowest BCUT2D eigenvalue weighted by Crippen LogP contribution is -2.43. The molecule has 7 heteroatoms. The maximum atomic E-state index is 12.5. The topological polar surface area (TPSA) is 70.7 Å². The van der Waals surface area contributed by atoms with E-state index in [0.717, 1.165) is 9.26 Å². The summed E-state index contributed by atoms with van der Waals surface area (Å²) < 4.78 is 6.39. The van der Waals surface area contributed by atoms with Gasteiger partial charge in [0.1, 0.15) is 5.75 Å². The molecule has 1 saturated heterocycles. The van der Waals surface area contributed by atoms with E-state index in [9.17, 15) is 9.59 Å². The van der Waals surface area contributed by atoms with Crippen LogP contribution in [0.25, 0.3) is 0 Å². The molecule has 1 aliphatic rings. The van der Waals surface area contributed by atoms with E-state index in [4.69, 9.17) is 4.74 Å². The third-order valence-electron chi connectivity index (χ3n) is 4.61. The van der Waals surface area contributed by atoms with Gasteiger partial charge in [0.05, 0.1) is 12.8 Å². The van der Waals surface area contributed by atoms with E-state index in [0.29, 0.717) is 37.4 Å². The Kier molecular flexibility index (Phi) is 6.54. The number of nitrogens with one attached hydrogen (secondary N) is 2. The number of piperidine rings is 1. The molecule has 0 aliphatic carbocycles. The molecule has 2 aromatic rings. The first-order chi connectivity index (χ1) is 13.1. The van der Waals surface area contributed by atoms with Gasteiger partial charge >= 0.3 is 6.03 Å². The zero-order valence-electron chi connectivity index (χ0n) is 15.1. The molecule has 2 N–H and O–H groups in total. The summed E-state index contributed by atoms with van der Waals surface area (Å²) in [5.74, 6) is 0.495. The second-order valence-electron chi connectivity index (χ2n) is 6.39. The van der Waals surface area contributed by atoms with Gasteiger partial charge in [-0.15, -0.1) is 0 Å². The van der Waals surface area contributed by atoms with Crippen LogP contribution in [-0.4, -0.2) is 37.0 Å². The third kappa shape index (κ3) is 5.12. The van der Waals surface area contributed by atoms with Crippen LogP contribution >= 0.6 is 22.6 Å². The number of hydrogen-bond acceptors (Lipinski definition) is 3. The average molecular weight is 479 g/mol. The molecule has 1 fully saturated rings. The summed E-state index contributed by atoms with van der Waals surface area (Å²) in [6, 6.07) is 14.9. The van der Waals surface area contributed by atoms with Crippen LogP contribution in [0.5, 0.6) is 5.75 Å². The number of halogens is 1. The minimum atomic E-state index is -0.125. The van der Waals surface area contributed by atoms with Crippen LogP contribution in [0.1, 0.15) is 12.8 Å². The minimum absolute atomic E-state index is 0.0304. The Morgan fingerprint density at radius 2 is 1.70 bits per heavy atom. The summed E-state index contributed by atoms with van der Waals surface area (Å²) in [7, 11) is 1.58. The number of anilines is 2. The molecule has 0 bridgehead atoms. The van der Waals surface area contributed by atoms with Gasteiger partial charge in [-0.05, 0) is 71.8 Å². The fourth-order valence-electron chi connectivity index (χ4n) is 3.06. The molecule has 27 heavy (non-hydrogen) atoms. The number of carbonyl (C=O) groups excluding carboxylic acids is 2. The molecule has 3 rings (SSSR count). The van der Waals surface area contributed by atoms with E-state index in [1.807, 2.05) is 48.5 Å². The first-order valence-electron chi connectivity index (χ1n) is 8.82. The predicted octanol–water partition coefficient (Wildman–Crippen LogP) is 4.18. The van der Waals surface area contributed by atoms with Crippen molar-refractivity contribution in [2.45, 2.75) is 12.8 Å². The van der Waals surface area contributed by atoms with Gasteiger partial charge in [0.15, 0.2) is 0 Å². The minimum Gasteiger partial charge on any atom is -0.495 e. The molecule has 0 saturated carbocycles. The van der Waals surface area contributed by atoms with Crippen LogP contribution in [0.4, 0.5) is 16.2 Å². The summed E-state index contributed by atoms with van der Waals surface area (Å²) >= 11 is 2.22. The number of para-hydroxylation sites is 2. The highest BCUT2D eigenvalue weighted by atomic mass is 127. The highest BCUT2D eigenvalue weighted by Crippen LogP contribution is 2.26. The van der Waals surface area contributed by atoms with Gasteiger partial charge < -0.3 is 20.3 Å². The van der Waals surface area contributed by atoms with Crippen molar-refractivity contribution in [2.75, 3.05) is 30.8 Å². The smallest absolute Gasteiger partial charge is 0.321 e. The SMILES string of the molecule is COc1ccccc1NC(=O)C1CCN(C(=O)Nc2ccc(I)cc2)CC1. The fraction of sp³-hybridized carbons (Fsp3) is 0.300. The van der Waals surface area contributed by atoms with Crippen molar-refractivity contribution in [1.29, 1.82) is 0 Å². The lowest BCUT2D eigenvalue weighted by Gasteiger charge is -2.31. The molecule has 1 aliphatic heterocycles. The van der Waals surface area contributed by atoms with Gasteiger partial charge in [-0.1, -0.05) is 12.1 Å². The Hall–Kier alpha value is -2.29. The Labute approximate surface area is 172 Å². The molecular formula is C20H22IN3O3. The number of carbonyl (C=O) groups is 2. The molecule has 1 heterocycles. The second kappa shape index (κ2) is 9.07. The Morgan fingerprint density at radius 3 is 2.37 bits per heavy atom. The first kappa shape index (κ1) is 19.5.